The van der Waals surface area contributed by atoms with Crippen LogP contribution in [0.3, 0.4) is 0 Å². The summed E-state index contributed by atoms with van der Waals surface area (Å²) in [6.45, 7) is 49.7. The molecule has 6 aromatic heterocycles. The second-order valence-corrected chi connectivity index (χ2v) is 25.7. The van der Waals surface area contributed by atoms with Crippen molar-refractivity contribution < 1.29 is 18.6 Å². The molecule has 0 spiro atoms. The van der Waals surface area contributed by atoms with Gasteiger partial charge in [0.25, 0.3) is 0 Å². The summed E-state index contributed by atoms with van der Waals surface area (Å²) in [6, 6.07) is 14.5. The van der Waals surface area contributed by atoms with Gasteiger partial charge in [-0.25, -0.2) is 34.3 Å². The van der Waals surface area contributed by atoms with Crippen LogP contribution in [0.25, 0.3) is 0 Å². The molecule has 13 nitrogen and oxygen atoms in total. The molecular formula is C71H113ClFN9O4. The molecule has 3 saturated heterocycles. The van der Waals surface area contributed by atoms with Gasteiger partial charge in [-0.3, -0.25) is 14.8 Å². The summed E-state index contributed by atoms with van der Waals surface area (Å²) in [5, 5.41) is 0.699. The maximum Gasteiger partial charge on any atom is 0.250 e. The summed E-state index contributed by atoms with van der Waals surface area (Å²) in [6.07, 6.45) is 18.6. The van der Waals surface area contributed by atoms with Gasteiger partial charge in [-0.1, -0.05) is 142 Å². The zero-order valence-electron chi connectivity index (χ0n) is 57.1. The van der Waals surface area contributed by atoms with Crippen molar-refractivity contribution in [1.29, 1.82) is 0 Å². The molecule has 0 amide bonds. The lowest BCUT2D eigenvalue weighted by Gasteiger charge is -2.24. The Kier molecular flexibility index (Phi) is 40.3. The summed E-state index contributed by atoms with van der Waals surface area (Å²) in [5.41, 5.74) is 8.73. The molecule has 2 unspecified atom stereocenters. The molecule has 0 bridgehead atoms. The highest BCUT2D eigenvalue weighted by Gasteiger charge is 2.19. The molecular weight excluding hydrogens is 1100 g/mol. The van der Waals surface area contributed by atoms with Gasteiger partial charge in [0.2, 0.25) is 5.56 Å². The zero-order valence-corrected chi connectivity index (χ0v) is 57.8. The number of nitrogens with zero attached hydrogens (tertiary/aromatic N) is 9. The van der Waals surface area contributed by atoms with Crippen LogP contribution >= 0.6 is 11.6 Å². The predicted octanol–water partition coefficient (Wildman–Crippen LogP) is 18.0. The van der Waals surface area contributed by atoms with Crippen molar-refractivity contribution in [2.75, 3.05) is 33.0 Å². The number of ether oxygens (including phenoxy) is 3. The molecule has 3 aliphatic rings. The van der Waals surface area contributed by atoms with Crippen molar-refractivity contribution in [1.82, 2.24) is 44.4 Å². The van der Waals surface area contributed by atoms with Crippen LogP contribution in [-0.2, 0) is 21.3 Å². The third kappa shape index (κ3) is 35.4. The minimum Gasteiger partial charge on any atom is -0.381 e. The number of aromatic nitrogens is 9. The van der Waals surface area contributed by atoms with Gasteiger partial charge in [0, 0.05) is 111 Å². The Morgan fingerprint density at radius 1 is 0.512 bits per heavy atom. The first kappa shape index (κ1) is 78.6. The van der Waals surface area contributed by atoms with Crippen LogP contribution in [0.2, 0.25) is 5.02 Å². The van der Waals surface area contributed by atoms with Crippen LogP contribution in [0.4, 0.5) is 4.39 Å². The molecule has 0 saturated carbocycles. The highest BCUT2D eigenvalue weighted by Crippen LogP contribution is 2.23. The molecule has 6 aromatic rings. The number of hydrogen-bond acceptors (Lipinski definition) is 12. The lowest BCUT2D eigenvalue weighted by Crippen LogP contribution is -2.19. The molecule has 480 valence electrons. The number of hydrogen-bond donors (Lipinski definition) is 0. The molecule has 3 aliphatic heterocycles. The fourth-order valence-corrected chi connectivity index (χ4v) is 8.53. The predicted molar refractivity (Wildman–Crippen MR) is 356 cm³/mol. The number of halogens is 2. The number of pyridine rings is 3. The molecule has 2 atom stereocenters. The fraction of sp³-hybridized carbons (Fsp3) is 0.620. The van der Waals surface area contributed by atoms with E-state index in [0.29, 0.717) is 46.6 Å². The fourth-order valence-electron chi connectivity index (χ4n) is 8.41. The summed E-state index contributed by atoms with van der Waals surface area (Å²) >= 11 is 5.65. The normalized spacial score (nSPS) is 15.3. The van der Waals surface area contributed by atoms with Crippen molar-refractivity contribution in [2.24, 2.45) is 36.6 Å². The molecule has 15 heteroatoms. The van der Waals surface area contributed by atoms with Gasteiger partial charge in [-0.15, -0.1) is 0 Å². The maximum absolute atomic E-state index is 12.3. The van der Waals surface area contributed by atoms with Crippen molar-refractivity contribution >= 4 is 11.6 Å². The van der Waals surface area contributed by atoms with Gasteiger partial charge in [0.1, 0.15) is 24.3 Å². The first-order chi connectivity index (χ1) is 40.5. The van der Waals surface area contributed by atoms with Crippen LogP contribution < -0.4 is 5.56 Å². The smallest absolute Gasteiger partial charge is 0.250 e. The van der Waals surface area contributed by atoms with Crippen molar-refractivity contribution in [3.05, 3.63) is 164 Å². The van der Waals surface area contributed by atoms with Crippen LogP contribution in [0, 0.1) is 56.2 Å². The minimum absolute atomic E-state index is 0.0504. The van der Waals surface area contributed by atoms with Crippen molar-refractivity contribution in [2.45, 2.75) is 219 Å². The molecule has 0 N–H and O–H groups in total. The third-order valence-corrected chi connectivity index (χ3v) is 14.7. The van der Waals surface area contributed by atoms with Crippen molar-refractivity contribution in [3.8, 4) is 0 Å². The van der Waals surface area contributed by atoms with E-state index >= 15 is 0 Å². The van der Waals surface area contributed by atoms with Gasteiger partial charge in [-0.2, -0.15) is 0 Å². The Morgan fingerprint density at radius 2 is 1.05 bits per heavy atom. The Bertz CT molecular complexity index is 2610. The first-order valence-electron chi connectivity index (χ1n) is 31.5. The standard InChI is InChI=1S/C9H14N2.C9H13NO.C8H10ClN.C8H10FN.C8H12N2.C8H16O.C7H10N2.2C7H14O/c1-6(2)9-10-7(3)5-8(4)11-9;1-7(2)8-4-5-9(11)10(3)6-8;2*1-6(2)8-4-3-7(9)5-10-8;1-6(2)8-4-7(3)9-5-10-8;1-7(2)8-3-5-9-6-4-8;1-6(2)7-3-8-5-9-4-7;1-6(2)7-3-4-8-5-7;1-6(2)7-4-3-5-8-7/h5-6H,1-4H3;4-7H,1-3H3;2*3-6H,1-2H3;4-6H,1-3H3;7-8H,3-6H2,1-2H3;3-6H,1-2H3;2*6-7H,3-5H2,1-2H3. The summed E-state index contributed by atoms with van der Waals surface area (Å²) < 4.78 is 29.8. The van der Waals surface area contributed by atoms with Gasteiger partial charge < -0.3 is 18.8 Å². The lowest BCUT2D eigenvalue weighted by molar-refractivity contribution is 0.0523. The Morgan fingerprint density at radius 3 is 1.40 bits per heavy atom. The second-order valence-electron chi connectivity index (χ2n) is 25.3. The van der Waals surface area contributed by atoms with E-state index in [9.17, 15) is 9.18 Å². The van der Waals surface area contributed by atoms with E-state index < -0.39 is 0 Å². The molecule has 0 aliphatic carbocycles. The average molecular weight is 1210 g/mol. The number of rotatable bonds is 9. The van der Waals surface area contributed by atoms with Crippen LogP contribution in [0.1, 0.15) is 243 Å². The third-order valence-electron chi connectivity index (χ3n) is 14.5. The van der Waals surface area contributed by atoms with E-state index in [0.717, 1.165) is 103 Å². The molecule has 9 rings (SSSR count). The van der Waals surface area contributed by atoms with E-state index in [4.69, 9.17) is 25.8 Å². The average Bonchev–Trinajstić information content (AvgIpc) is 4.41. The van der Waals surface area contributed by atoms with Gasteiger partial charge in [-0.05, 0) is 160 Å². The van der Waals surface area contributed by atoms with E-state index in [1.54, 1.807) is 42.6 Å². The SMILES string of the molecule is CC(C)C1CCCO1.CC(C)C1CCOC1.CC(C)C1CCOCC1.CC(C)c1ccc(=O)n(C)c1.CC(C)c1ccc(Cl)cn1.CC(C)c1ccc(F)cn1.CC(C)c1cncnc1.Cc1cc(C(C)C)ncn1.Cc1cc(C)nc(C(C)C)n1. The van der Waals surface area contributed by atoms with Crippen LogP contribution in [0.15, 0.2) is 97.0 Å². The Labute approximate surface area is 525 Å². The Hall–Kier alpha value is -5.41. The molecule has 3 fully saturated rings. The maximum atomic E-state index is 12.3. The largest absolute Gasteiger partial charge is 0.381 e. The highest BCUT2D eigenvalue weighted by atomic mass is 35.5. The zero-order chi connectivity index (χ0) is 64.9. The second kappa shape index (κ2) is 44.1. The first-order valence-corrected chi connectivity index (χ1v) is 31.9. The highest BCUT2D eigenvalue weighted by molar-refractivity contribution is 6.30. The molecule has 9 heterocycles. The monoisotopic (exact) mass is 1210 g/mol. The van der Waals surface area contributed by atoms with Crippen LogP contribution in [-0.4, -0.2) is 83.6 Å². The van der Waals surface area contributed by atoms with E-state index in [-0.39, 0.29) is 11.4 Å². The molecule has 0 aromatic carbocycles. The van der Waals surface area contributed by atoms with Gasteiger partial charge in [0.05, 0.1) is 17.3 Å². The van der Waals surface area contributed by atoms with Crippen LogP contribution in [0.5, 0.6) is 0 Å². The minimum atomic E-state index is -0.274. The van der Waals surface area contributed by atoms with E-state index in [2.05, 4.69) is 151 Å². The molecule has 0 radical (unpaired) electrons. The summed E-state index contributed by atoms with van der Waals surface area (Å²) in [5.74, 6) is 7.64. The summed E-state index contributed by atoms with van der Waals surface area (Å²) in [7, 11) is 1.77. The lowest BCUT2D eigenvalue weighted by atomic mass is 9.89. The topological polar surface area (TPSA) is 153 Å². The number of aryl methyl sites for hydroxylation is 4. The van der Waals surface area contributed by atoms with E-state index in [1.807, 2.05) is 83.5 Å². The Balaban J connectivity index is 0.000000485. The van der Waals surface area contributed by atoms with E-state index in [1.165, 1.54) is 55.5 Å². The van der Waals surface area contributed by atoms with Gasteiger partial charge >= 0.3 is 0 Å². The summed E-state index contributed by atoms with van der Waals surface area (Å²) in [4.78, 5) is 43.6. The van der Waals surface area contributed by atoms with Crippen molar-refractivity contribution in [3.63, 3.8) is 0 Å². The molecule has 86 heavy (non-hydrogen) atoms. The quantitative estimate of drug-likeness (QED) is 0.135. The van der Waals surface area contributed by atoms with Gasteiger partial charge in [0.15, 0.2) is 0 Å².